The molecule has 4 heteroatoms. The predicted octanol–water partition coefficient (Wildman–Crippen LogP) is 3.05. The molecule has 78 valence electrons. The van der Waals surface area contributed by atoms with Crippen LogP contribution in [0.15, 0.2) is 30.3 Å². The molecule has 0 aliphatic rings. The normalized spacial score (nSPS) is 9.33. The number of para-hydroxylation sites is 1. The fourth-order valence-corrected chi connectivity index (χ4v) is 2.19. The Morgan fingerprint density at radius 3 is 2.67 bits per heavy atom. The summed E-state index contributed by atoms with van der Waals surface area (Å²) >= 11 is 6.66. The van der Waals surface area contributed by atoms with E-state index in [0.29, 0.717) is 5.75 Å². The van der Waals surface area contributed by atoms with E-state index in [1.807, 2.05) is 42.2 Å². The summed E-state index contributed by atoms with van der Waals surface area (Å²) in [5.41, 5.74) is 1.08. The zero-order chi connectivity index (χ0) is 11.1. The number of rotatable bonds is 3. The van der Waals surface area contributed by atoms with Crippen molar-refractivity contribution in [3.8, 4) is 6.07 Å². The number of thioether (sulfide) groups is 1. The van der Waals surface area contributed by atoms with Crippen molar-refractivity contribution in [2.75, 3.05) is 17.2 Å². The van der Waals surface area contributed by atoms with Crippen molar-refractivity contribution in [3.63, 3.8) is 0 Å². The van der Waals surface area contributed by atoms with Gasteiger partial charge in [0.1, 0.15) is 4.32 Å². The number of hydrogen-bond acceptors (Lipinski definition) is 3. The van der Waals surface area contributed by atoms with E-state index < -0.39 is 0 Å². The van der Waals surface area contributed by atoms with Gasteiger partial charge in [0.15, 0.2) is 0 Å². The van der Waals surface area contributed by atoms with E-state index in [1.54, 1.807) is 0 Å². The summed E-state index contributed by atoms with van der Waals surface area (Å²) < 4.78 is 0.755. The van der Waals surface area contributed by atoms with Gasteiger partial charge < -0.3 is 4.90 Å². The molecule has 0 radical (unpaired) electrons. The van der Waals surface area contributed by atoms with Gasteiger partial charge in [-0.3, -0.25) is 0 Å². The van der Waals surface area contributed by atoms with Crippen LogP contribution in [0.3, 0.4) is 0 Å². The average molecular weight is 236 g/mol. The molecule has 0 aliphatic heterocycles. The Bertz CT molecular complexity index is 357. The maximum atomic E-state index is 8.49. The molecule has 0 unspecified atom stereocenters. The minimum absolute atomic E-state index is 0.405. The molecule has 1 aromatic rings. The summed E-state index contributed by atoms with van der Waals surface area (Å²) in [5, 5.41) is 8.49. The van der Waals surface area contributed by atoms with Crippen LogP contribution in [0.5, 0.6) is 0 Å². The maximum absolute atomic E-state index is 8.49. The van der Waals surface area contributed by atoms with E-state index in [-0.39, 0.29) is 0 Å². The lowest BCUT2D eigenvalue weighted by molar-refractivity contribution is 1.08. The van der Waals surface area contributed by atoms with Crippen molar-refractivity contribution >= 4 is 34.0 Å². The standard InChI is InChI=1S/C11H12N2S2/c1-2-13(11(14)15-9-8-12)10-6-4-3-5-7-10/h3-7H,2,9H2,1H3. The molecule has 0 saturated carbocycles. The summed E-state index contributed by atoms with van der Waals surface area (Å²) in [4.78, 5) is 2.03. The topological polar surface area (TPSA) is 27.0 Å². The number of benzene rings is 1. The van der Waals surface area contributed by atoms with Gasteiger partial charge >= 0.3 is 0 Å². The molecule has 0 atom stereocenters. The smallest absolute Gasteiger partial charge is 0.141 e. The van der Waals surface area contributed by atoms with Crippen LogP contribution in [0.2, 0.25) is 0 Å². The van der Waals surface area contributed by atoms with Gasteiger partial charge in [0.05, 0.1) is 11.8 Å². The molecule has 0 aliphatic carbocycles. The van der Waals surface area contributed by atoms with Crippen LogP contribution in [0, 0.1) is 11.3 Å². The third-order valence-corrected chi connectivity index (χ3v) is 3.18. The van der Waals surface area contributed by atoms with E-state index in [9.17, 15) is 0 Å². The predicted molar refractivity (Wildman–Crippen MR) is 70.1 cm³/mol. The van der Waals surface area contributed by atoms with Crippen LogP contribution in [-0.4, -0.2) is 16.6 Å². The second kappa shape index (κ2) is 6.44. The first-order valence-electron chi connectivity index (χ1n) is 4.66. The van der Waals surface area contributed by atoms with Crippen LogP contribution in [0.25, 0.3) is 0 Å². The van der Waals surface area contributed by atoms with Gasteiger partial charge in [-0.1, -0.05) is 42.2 Å². The van der Waals surface area contributed by atoms with Crippen molar-refractivity contribution in [2.45, 2.75) is 6.92 Å². The molecule has 0 saturated heterocycles. The molecule has 0 N–H and O–H groups in total. The summed E-state index contributed by atoms with van der Waals surface area (Å²) in [5.74, 6) is 0.405. The molecule has 0 heterocycles. The van der Waals surface area contributed by atoms with Crippen molar-refractivity contribution in [2.24, 2.45) is 0 Å². The lowest BCUT2D eigenvalue weighted by atomic mass is 10.3. The fourth-order valence-electron chi connectivity index (χ4n) is 1.20. The highest BCUT2D eigenvalue weighted by atomic mass is 32.2. The van der Waals surface area contributed by atoms with Crippen molar-refractivity contribution in [3.05, 3.63) is 30.3 Å². The van der Waals surface area contributed by atoms with Gasteiger partial charge in [-0.25, -0.2) is 0 Å². The zero-order valence-corrected chi connectivity index (χ0v) is 10.1. The third kappa shape index (κ3) is 3.54. The Morgan fingerprint density at radius 1 is 1.47 bits per heavy atom. The van der Waals surface area contributed by atoms with Gasteiger partial charge in [0, 0.05) is 12.2 Å². The Hall–Kier alpha value is -1.05. The van der Waals surface area contributed by atoms with Crippen molar-refractivity contribution in [1.29, 1.82) is 5.26 Å². The van der Waals surface area contributed by atoms with Crippen LogP contribution >= 0.6 is 24.0 Å². The highest BCUT2D eigenvalue weighted by molar-refractivity contribution is 8.23. The quantitative estimate of drug-likeness (QED) is 0.754. The monoisotopic (exact) mass is 236 g/mol. The third-order valence-electron chi connectivity index (χ3n) is 1.86. The summed E-state index contributed by atoms with van der Waals surface area (Å²) in [7, 11) is 0. The molecule has 0 amide bonds. The highest BCUT2D eigenvalue weighted by Crippen LogP contribution is 2.18. The molecule has 1 aromatic carbocycles. The van der Waals surface area contributed by atoms with Crippen molar-refractivity contribution in [1.82, 2.24) is 0 Å². The highest BCUT2D eigenvalue weighted by Gasteiger charge is 2.09. The van der Waals surface area contributed by atoms with Gasteiger partial charge in [-0.2, -0.15) is 5.26 Å². The minimum Gasteiger partial charge on any atom is -0.328 e. The number of nitrogens with zero attached hydrogens (tertiary/aromatic N) is 2. The number of thiocarbonyl (C=S) groups is 1. The Kier molecular flexibility index (Phi) is 5.16. The first-order chi connectivity index (χ1) is 7.29. The Morgan fingerprint density at radius 2 is 2.13 bits per heavy atom. The molecule has 15 heavy (non-hydrogen) atoms. The van der Waals surface area contributed by atoms with E-state index in [4.69, 9.17) is 17.5 Å². The Labute approximate surface area is 99.9 Å². The van der Waals surface area contributed by atoms with Crippen LogP contribution in [0.1, 0.15) is 6.92 Å². The molecule has 2 nitrogen and oxygen atoms in total. The molecule has 0 aromatic heterocycles. The number of hydrogen-bond donors (Lipinski definition) is 0. The van der Waals surface area contributed by atoms with Gasteiger partial charge in [0.25, 0.3) is 0 Å². The maximum Gasteiger partial charge on any atom is 0.141 e. The number of anilines is 1. The molecular formula is C11H12N2S2. The fraction of sp³-hybridized carbons (Fsp3) is 0.273. The lowest BCUT2D eigenvalue weighted by Crippen LogP contribution is -2.26. The second-order valence-electron chi connectivity index (χ2n) is 2.79. The summed E-state index contributed by atoms with van der Waals surface area (Å²) in [6, 6.07) is 12.0. The van der Waals surface area contributed by atoms with Gasteiger partial charge in [-0.15, -0.1) is 0 Å². The van der Waals surface area contributed by atoms with Crippen LogP contribution < -0.4 is 4.90 Å². The largest absolute Gasteiger partial charge is 0.328 e. The summed E-state index contributed by atoms with van der Waals surface area (Å²) in [6.45, 7) is 2.87. The molecule has 0 spiro atoms. The second-order valence-corrected chi connectivity index (χ2v) is 4.40. The van der Waals surface area contributed by atoms with E-state index in [0.717, 1.165) is 16.6 Å². The first kappa shape index (κ1) is 12.0. The molecule has 0 bridgehead atoms. The molecular weight excluding hydrogens is 224 g/mol. The van der Waals surface area contributed by atoms with Gasteiger partial charge in [-0.05, 0) is 19.1 Å². The van der Waals surface area contributed by atoms with E-state index >= 15 is 0 Å². The minimum atomic E-state index is 0.405. The SMILES string of the molecule is CCN(C(=S)SCC#N)c1ccccc1. The first-order valence-corrected chi connectivity index (χ1v) is 6.05. The zero-order valence-electron chi connectivity index (χ0n) is 8.51. The lowest BCUT2D eigenvalue weighted by Gasteiger charge is -2.22. The van der Waals surface area contributed by atoms with Crippen LogP contribution in [-0.2, 0) is 0 Å². The number of nitriles is 1. The summed E-state index contributed by atoms with van der Waals surface area (Å²) in [6.07, 6.45) is 0. The van der Waals surface area contributed by atoms with Gasteiger partial charge in [0.2, 0.25) is 0 Å². The van der Waals surface area contributed by atoms with Crippen LogP contribution in [0.4, 0.5) is 5.69 Å². The Balaban J connectivity index is 2.72. The molecule has 1 rings (SSSR count). The average Bonchev–Trinajstić information content (AvgIpc) is 2.29. The molecule has 0 fully saturated rings. The van der Waals surface area contributed by atoms with Crippen molar-refractivity contribution < 1.29 is 0 Å². The van der Waals surface area contributed by atoms with E-state index in [1.165, 1.54) is 11.8 Å². The van der Waals surface area contributed by atoms with E-state index in [2.05, 4.69) is 6.07 Å².